The number of nitrogens with zero attached hydrogens (tertiary/aromatic N) is 1. The van der Waals surface area contributed by atoms with Crippen LogP contribution in [-0.2, 0) is 4.79 Å². The molecule has 34 heavy (non-hydrogen) atoms. The maximum absolute atomic E-state index is 12.3. The Labute approximate surface area is 208 Å². The van der Waals surface area contributed by atoms with Gasteiger partial charge >= 0.3 is 5.97 Å². The predicted octanol–water partition coefficient (Wildman–Crippen LogP) is 5.94. The number of hydrogen-bond acceptors (Lipinski definition) is 5. The molecule has 7 heteroatoms. The largest absolute Gasteiger partial charge is 0.483 e. The van der Waals surface area contributed by atoms with Gasteiger partial charge in [0.05, 0.1) is 11.8 Å². The van der Waals surface area contributed by atoms with Crippen molar-refractivity contribution in [1.82, 2.24) is 5.43 Å². The summed E-state index contributed by atoms with van der Waals surface area (Å²) in [7, 11) is 0. The highest BCUT2D eigenvalue weighted by Gasteiger charge is 2.13. The third-order valence-electron chi connectivity index (χ3n) is 5.13. The lowest BCUT2D eigenvalue weighted by molar-refractivity contribution is -0.123. The Kier molecular flexibility index (Phi) is 8.60. The van der Waals surface area contributed by atoms with Crippen molar-refractivity contribution in [2.24, 2.45) is 5.10 Å². The van der Waals surface area contributed by atoms with Gasteiger partial charge in [-0.3, -0.25) is 4.79 Å². The molecule has 0 radical (unpaired) electrons. The fraction of sp³-hybridized carbons (Fsp3) is 0.222. The first kappa shape index (κ1) is 25.2. The first-order chi connectivity index (χ1) is 16.2. The molecule has 0 aliphatic heterocycles. The Hall–Kier alpha value is -3.45. The van der Waals surface area contributed by atoms with Crippen molar-refractivity contribution in [2.75, 3.05) is 6.61 Å². The minimum absolute atomic E-state index is 0.147. The van der Waals surface area contributed by atoms with Crippen LogP contribution in [0.25, 0.3) is 0 Å². The number of esters is 1. The van der Waals surface area contributed by atoms with Gasteiger partial charge in [0, 0.05) is 4.47 Å². The van der Waals surface area contributed by atoms with Crippen LogP contribution >= 0.6 is 15.9 Å². The third-order valence-corrected chi connectivity index (χ3v) is 5.98. The number of carbonyl (C=O) groups excluding carboxylic acids is 2. The van der Waals surface area contributed by atoms with E-state index in [-0.39, 0.29) is 18.4 Å². The van der Waals surface area contributed by atoms with Gasteiger partial charge in [0.25, 0.3) is 5.91 Å². The molecule has 0 saturated heterocycles. The number of aryl methyl sites for hydroxylation is 2. The molecule has 0 saturated carbocycles. The van der Waals surface area contributed by atoms with Gasteiger partial charge in [-0.15, -0.1) is 0 Å². The maximum Gasteiger partial charge on any atom is 0.343 e. The molecule has 176 valence electrons. The van der Waals surface area contributed by atoms with Gasteiger partial charge in [-0.05, 0) is 84.5 Å². The first-order valence-electron chi connectivity index (χ1n) is 10.9. The van der Waals surface area contributed by atoms with Crippen LogP contribution in [0.5, 0.6) is 11.5 Å². The molecular weight excluding hydrogens is 496 g/mol. The van der Waals surface area contributed by atoms with Gasteiger partial charge in [0.15, 0.2) is 6.61 Å². The topological polar surface area (TPSA) is 77.0 Å². The zero-order valence-electron chi connectivity index (χ0n) is 19.6. The lowest BCUT2D eigenvalue weighted by Gasteiger charge is -2.15. The number of rotatable bonds is 8. The van der Waals surface area contributed by atoms with Crippen LogP contribution in [0.2, 0.25) is 0 Å². The second-order valence-electron chi connectivity index (χ2n) is 8.15. The summed E-state index contributed by atoms with van der Waals surface area (Å²) in [6.07, 6.45) is 1.51. The van der Waals surface area contributed by atoms with E-state index in [9.17, 15) is 9.59 Å². The van der Waals surface area contributed by atoms with Crippen LogP contribution in [0, 0.1) is 13.8 Å². The molecule has 0 heterocycles. The quantitative estimate of drug-likeness (QED) is 0.172. The van der Waals surface area contributed by atoms with E-state index in [2.05, 4.69) is 40.3 Å². The van der Waals surface area contributed by atoms with E-state index in [4.69, 9.17) is 9.47 Å². The molecule has 0 spiro atoms. The van der Waals surface area contributed by atoms with E-state index in [1.807, 2.05) is 38.1 Å². The van der Waals surface area contributed by atoms with E-state index in [1.165, 1.54) is 6.21 Å². The minimum Gasteiger partial charge on any atom is -0.483 e. The SMILES string of the molecule is Cc1cc(OCC(=O)N/N=C/c2ccc(OC(=O)c3ccccc3C)cc2)c(C(C)C)cc1Br. The average Bonchev–Trinajstić information content (AvgIpc) is 2.80. The smallest absolute Gasteiger partial charge is 0.343 e. The van der Waals surface area contributed by atoms with Gasteiger partial charge in [-0.2, -0.15) is 5.10 Å². The zero-order valence-corrected chi connectivity index (χ0v) is 21.2. The summed E-state index contributed by atoms with van der Waals surface area (Å²) in [6, 6.07) is 18.0. The molecule has 6 nitrogen and oxygen atoms in total. The minimum atomic E-state index is -0.409. The van der Waals surface area contributed by atoms with E-state index in [0.29, 0.717) is 17.1 Å². The van der Waals surface area contributed by atoms with Gasteiger partial charge in [0.1, 0.15) is 11.5 Å². The Balaban J connectivity index is 1.52. The summed E-state index contributed by atoms with van der Waals surface area (Å²) < 4.78 is 12.2. The molecule has 3 aromatic rings. The number of hydrogen-bond donors (Lipinski definition) is 1. The number of carbonyl (C=O) groups is 2. The van der Waals surface area contributed by atoms with Crippen LogP contribution in [0.15, 0.2) is 70.2 Å². The van der Waals surface area contributed by atoms with Crippen LogP contribution < -0.4 is 14.9 Å². The summed E-state index contributed by atoms with van der Waals surface area (Å²) in [5.74, 6) is 0.592. The number of hydrazone groups is 1. The van der Waals surface area contributed by atoms with Crippen molar-refractivity contribution in [2.45, 2.75) is 33.6 Å². The van der Waals surface area contributed by atoms with Crippen LogP contribution in [0.4, 0.5) is 0 Å². The van der Waals surface area contributed by atoms with E-state index >= 15 is 0 Å². The van der Waals surface area contributed by atoms with Crippen LogP contribution in [-0.4, -0.2) is 24.7 Å². The van der Waals surface area contributed by atoms with Crippen molar-refractivity contribution < 1.29 is 19.1 Å². The van der Waals surface area contributed by atoms with Gasteiger partial charge < -0.3 is 9.47 Å². The van der Waals surface area contributed by atoms with Gasteiger partial charge in [-0.25, -0.2) is 10.2 Å². The molecule has 0 bridgehead atoms. The molecular formula is C27H27BrN2O4. The van der Waals surface area contributed by atoms with Crippen molar-refractivity contribution in [1.29, 1.82) is 0 Å². The number of benzene rings is 3. The second-order valence-corrected chi connectivity index (χ2v) is 9.00. The molecule has 0 aromatic heterocycles. The Bertz CT molecular complexity index is 1200. The highest BCUT2D eigenvalue weighted by Crippen LogP contribution is 2.32. The van der Waals surface area contributed by atoms with Crippen LogP contribution in [0.1, 0.15) is 52.4 Å². The summed E-state index contributed by atoms with van der Waals surface area (Å²) in [5, 5.41) is 3.97. The lowest BCUT2D eigenvalue weighted by atomic mass is 10.0. The third kappa shape index (κ3) is 6.78. The molecule has 0 aliphatic carbocycles. The average molecular weight is 523 g/mol. The van der Waals surface area contributed by atoms with Crippen LogP contribution in [0.3, 0.4) is 0 Å². The van der Waals surface area contributed by atoms with Crippen molar-refractivity contribution in [3.63, 3.8) is 0 Å². The summed E-state index contributed by atoms with van der Waals surface area (Å²) >= 11 is 3.54. The molecule has 0 unspecified atom stereocenters. The van der Waals surface area contributed by atoms with E-state index < -0.39 is 5.97 Å². The van der Waals surface area contributed by atoms with Crippen molar-refractivity contribution in [3.8, 4) is 11.5 Å². The normalized spacial score (nSPS) is 11.0. The maximum atomic E-state index is 12.3. The number of nitrogens with one attached hydrogen (secondary N) is 1. The molecule has 3 rings (SSSR count). The summed E-state index contributed by atoms with van der Waals surface area (Å²) in [5.41, 5.74) is 6.64. The second kappa shape index (κ2) is 11.6. The molecule has 0 aliphatic rings. The summed E-state index contributed by atoms with van der Waals surface area (Å²) in [6.45, 7) is 7.83. The Morgan fingerprint density at radius 3 is 2.41 bits per heavy atom. The molecule has 1 N–H and O–H groups in total. The highest BCUT2D eigenvalue weighted by molar-refractivity contribution is 9.10. The number of halogens is 1. The van der Waals surface area contributed by atoms with Gasteiger partial charge in [-0.1, -0.05) is 48.0 Å². The number of amides is 1. The van der Waals surface area contributed by atoms with E-state index in [0.717, 1.165) is 26.7 Å². The fourth-order valence-electron chi connectivity index (χ4n) is 3.19. The molecule has 0 fully saturated rings. The fourth-order valence-corrected chi connectivity index (χ4v) is 3.55. The first-order valence-corrected chi connectivity index (χ1v) is 11.7. The lowest BCUT2D eigenvalue weighted by Crippen LogP contribution is -2.25. The predicted molar refractivity (Wildman–Crippen MR) is 137 cm³/mol. The standard InChI is InChI=1S/C27H27BrN2O4/c1-17(2)23-14-24(28)19(4)13-25(23)33-16-26(31)30-29-15-20-9-11-21(12-10-20)34-27(32)22-8-6-5-7-18(22)3/h5-15,17H,16H2,1-4H3,(H,30,31)/b29-15+. The summed E-state index contributed by atoms with van der Waals surface area (Å²) in [4.78, 5) is 24.5. The Morgan fingerprint density at radius 1 is 1.03 bits per heavy atom. The Morgan fingerprint density at radius 2 is 1.74 bits per heavy atom. The zero-order chi connectivity index (χ0) is 24.7. The highest BCUT2D eigenvalue weighted by atomic mass is 79.9. The molecule has 3 aromatic carbocycles. The van der Waals surface area contributed by atoms with Crippen molar-refractivity contribution >= 4 is 34.0 Å². The van der Waals surface area contributed by atoms with Gasteiger partial charge in [0.2, 0.25) is 0 Å². The van der Waals surface area contributed by atoms with E-state index in [1.54, 1.807) is 36.4 Å². The van der Waals surface area contributed by atoms with Crippen molar-refractivity contribution in [3.05, 3.63) is 93.0 Å². The molecule has 1 amide bonds. The number of ether oxygens (including phenoxy) is 2. The monoisotopic (exact) mass is 522 g/mol. The molecule has 0 atom stereocenters.